The van der Waals surface area contributed by atoms with Crippen molar-refractivity contribution in [3.8, 4) is 0 Å². The highest BCUT2D eigenvalue weighted by atomic mass is 19.4. The monoisotopic (exact) mass is 425 g/mol. The molecule has 0 spiro atoms. The highest BCUT2D eigenvalue weighted by Crippen LogP contribution is 2.28. The fraction of sp³-hybridized carbons (Fsp3) is 0.375. The van der Waals surface area contributed by atoms with E-state index in [0.717, 1.165) is 0 Å². The highest BCUT2D eigenvalue weighted by molar-refractivity contribution is 5.91. The standard InChI is InChI=1S/C16H13F6N5O2/c17-9-6-11(19)10(18)4-7(9)3-8-5-12(28)23-1-2-27-13(14(29)24-8)25-26-15(27)16(20,21)22/h4,6,8H,1-3,5H2,(H,23,28)(H,24,29)/i1D2,2D2. The molecule has 2 aromatic rings. The van der Waals surface area contributed by atoms with E-state index in [1.54, 1.807) is 5.32 Å². The van der Waals surface area contributed by atoms with Crippen molar-refractivity contribution in [2.45, 2.75) is 31.6 Å². The summed E-state index contributed by atoms with van der Waals surface area (Å²) >= 11 is 0. The van der Waals surface area contributed by atoms with Crippen LogP contribution in [0.3, 0.4) is 0 Å². The largest absolute Gasteiger partial charge is 0.451 e. The van der Waals surface area contributed by atoms with E-state index in [-0.39, 0.29) is 6.07 Å². The van der Waals surface area contributed by atoms with E-state index >= 15 is 0 Å². The normalized spacial score (nSPS) is 23.6. The van der Waals surface area contributed by atoms with Crippen molar-refractivity contribution >= 4 is 11.8 Å². The van der Waals surface area contributed by atoms with Gasteiger partial charge < -0.3 is 10.6 Å². The lowest BCUT2D eigenvalue weighted by atomic mass is 10.0. The number of rotatable bonds is 2. The number of fused-ring (bicyclic) bond motifs is 1. The zero-order chi connectivity index (χ0) is 24.9. The van der Waals surface area contributed by atoms with Crippen LogP contribution in [0, 0.1) is 17.5 Å². The number of halogens is 6. The summed E-state index contributed by atoms with van der Waals surface area (Å²) in [4.78, 5) is 24.9. The molecule has 1 aromatic carbocycles. The number of hydrogen-bond acceptors (Lipinski definition) is 4. The molecule has 29 heavy (non-hydrogen) atoms. The topological polar surface area (TPSA) is 88.9 Å². The summed E-state index contributed by atoms with van der Waals surface area (Å²) in [6.45, 7) is -7.20. The van der Waals surface area contributed by atoms with Gasteiger partial charge in [-0.15, -0.1) is 10.2 Å². The van der Waals surface area contributed by atoms with E-state index in [0.29, 0.717) is 6.07 Å². The minimum atomic E-state index is -5.36. The lowest BCUT2D eigenvalue weighted by molar-refractivity contribution is -0.147. The fourth-order valence-corrected chi connectivity index (χ4v) is 2.56. The maximum atomic E-state index is 14.0. The number of carbonyl (C=O) groups is 2. The third-order valence-electron chi connectivity index (χ3n) is 3.81. The van der Waals surface area contributed by atoms with Crippen LogP contribution in [0.25, 0.3) is 0 Å². The highest BCUT2D eigenvalue weighted by Gasteiger charge is 2.39. The van der Waals surface area contributed by atoms with E-state index in [1.165, 1.54) is 0 Å². The maximum absolute atomic E-state index is 14.0. The fourth-order valence-electron chi connectivity index (χ4n) is 2.56. The van der Waals surface area contributed by atoms with Crippen LogP contribution in [-0.4, -0.2) is 39.1 Å². The van der Waals surface area contributed by atoms with E-state index < -0.39 is 89.1 Å². The van der Waals surface area contributed by atoms with Crippen LogP contribution < -0.4 is 10.6 Å². The quantitative estimate of drug-likeness (QED) is 0.565. The Labute approximate surface area is 164 Å². The molecular formula is C16H13F6N5O2. The summed E-state index contributed by atoms with van der Waals surface area (Å²) in [5.74, 6) is -10.3. The van der Waals surface area contributed by atoms with Crippen molar-refractivity contribution in [2.75, 3.05) is 6.50 Å². The molecular weight excluding hydrogens is 408 g/mol. The van der Waals surface area contributed by atoms with Gasteiger partial charge in [-0.3, -0.25) is 14.2 Å². The van der Waals surface area contributed by atoms with Gasteiger partial charge in [0.05, 0.1) is 5.48 Å². The first-order chi connectivity index (χ1) is 15.0. The van der Waals surface area contributed by atoms with Crippen LogP contribution >= 0.6 is 0 Å². The average Bonchev–Trinajstić information content (AvgIpc) is 3.11. The van der Waals surface area contributed by atoms with Gasteiger partial charge in [0.2, 0.25) is 17.6 Å². The van der Waals surface area contributed by atoms with Crippen LogP contribution in [-0.2, 0) is 23.9 Å². The van der Waals surface area contributed by atoms with Gasteiger partial charge in [0.25, 0.3) is 5.91 Å². The first-order valence-corrected chi connectivity index (χ1v) is 7.83. The third kappa shape index (κ3) is 4.49. The average molecular weight is 425 g/mol. The molecule has 1 atom stereocenters. The van der Waals surface area contributed by atoms with Crippen LogP contribution in [0.5, 0.6) is 0 Å². The third-order valence-corrected chi connectivity index (χ3v) is 3.81. The van der Waals surface area contributed by atoms with Gasteiger partial charge in [-0.1, -0.05) is 0 Å². The van der Waals surface area contributed by atoms with E-state index in [1.807, 2.05) is 0 Å². The van der Waals surface area contributed by atoms with Gasteiger partial charge in [0, 0.05) is 31.5 Å². The van der Waals surface area contributed by atoms with Gasteiger partial charge in [0.15, 0.2) is 11.6 Å². The molecule has 3 rings (SSSR count). The second kappa shape index (κ2) is 7.72. The second-order valence-corrected chi connectivity index (χ2v) is 5.90. The molecule has 0 radical (unpaired) electrons. The van der Waals surface area contributed by atoms with Crippen LogP contribution in [0.1, 0.15) is 33.9 Å². The van der Waals surface area contributed by atoms with Gasteiger partial charge in [-0.25, -0.2) is 13.2 Å². The summed E-state index contributed by atoms with van der Waals surface area (Å²) < 4.78 is 112. The number of benzene rings is 1. The molecule has 1 aliphatic heterocycles. The Bertz CT molecular complexity index is 1120. The molecule has 156 valence electrons. The molecule has 1 unspecified atom stereocenters. The van der Waals surface area contributed by atoms with Crippen molar-refractivity contribution in [2.24, 2.45) is 0 Å². The van der Waals surface area contributed by atoms with Crippen molar-refractivity contribution < 1.29 is 41.4 Å². The maximum Gasteiger partial charge on any atom is 0.451 e. The minimum absolute atomic E-state index is 0.214. The molecule has 0 saturated carbocycles. The number of aromatic nitrogens is 3. The molecule has 0 saturated heterocycles. The first kappa shape index (κ1) is 15.8. The minimum Gasteiger partial charge on any atom is -0.354 e. The molecule has 2 heterocycles. The summed E-state index contributed by atoms with van der Waals surface area (Å²) in [6.07, 6.45) is -6.84. The molecule has 2 N–H and O–H groups in total. The molecule has 0 bridgehead atoms. The number of nitrogens with one attached hydrogen (secondary N) is 2. The van der Waals surface area contributed by atoms with Crippen LogP contribution in [0.2, 0.25) is 0 Å². The Morgan fingerprint density at radius 2 is 1.83 bits per heavy atom. The van der Waals surface area contributed by atoms with Gasteiger partial charge >= 0.3 is 6.18 Å². The summed E-state index contributed by atoms with van der Waals surface area (Å²) in [7, 11) is 0. The Balaban J connectivity index is 2.10. The Morgan fingerprint density at radius 1 is 1.14 bits per heavy atom. The Kier molecular flexibility index (Phi) is 4.19. The Morgan fingerprint density at radius 3 is 2.52 bits per heavy atom. The second-order valence-electron chi connectivity index (χ2n) is 5.90. The molecule has 13 heteroatoms. The van der Waals surface area contributed by atoms with Gasteiger partial charge in [-0.05, 0) is 18.1 Å². The molecule has 7 nitrogen and oxygen atoms in total. The van der Waals surface area contributed by atoms with Crippen molar-refractivity contribution in [3.63, 3.8) is 0 Å². The lowest BCUT2D eigenvalue weighted by Gasteiger charge is -2.21. The van der Waals surface area contributed by atoms with Gasteiger partial charge in [0.1, 0.15) is 5.82 Å². The van der Waals surface area contributed by atoms with Crippen LogP contribution in [0.15, 0.2) is 12.1 Å². The van der Waals surface area contributed by atoms with E-state index in [9.17, 15) is 35.9 Å². The molecule has 1 aromatic heterocycles. The van der Waals surface area contributed by atoms with Crippen LogP contribution in [0.4, 0.5) is 26.3 Å². The smallest absolute Gasteiger partial charge is 0.354 e. The summed E-state index contributed by atoms with van der Waals surface area (Å²) in [6, 6.07) is -0.793. The molecule has 1 aliphatic rings. The summed E-state index contributed by atoms with van der Waals surface area (Å²) in [5, 5.41) is 9.40. The number of hydrogen-bond donors (Lipinski definition) is 2. The first-order valence-electron chi connectivity index (χ1n) is 9.83. The molecule has 0 fully saturated rings. The Hall–Kier alpha value is -3.12. The zero-order valence-electron chi connectivity index (χ0n) is 18.1. The van der Waals surface area contributed by atoms with Crippen molar-refractivity contribution in [3.05, 3.63) is 46.8 Å². The molecule has 2 amide bonds. The zero-order valence-corrected chi connectivity index (χ0v) is 14.1. The number of alkyl halides is 3. The van der Waals surface area contributed by atoms with E-state index in [4.69, 9.17) is 5.48 Å². The van der Waals surface area contributed by atoms with Crippen molar-refractivity contribution in [1.29, 1.82) is 0 Å². The SMILES string of the molecule is [2H]C1([2H])NC(=O)CC(Cc2cc(F)c(F)cc2F)NC(=O)c2nnc(C(F)(F)F)n2C1([2H])[2H]. The van der Waals surface area contributed by atoms with Crippen molar-refractivity contribution in [1.82, 2.24) is 25.4 Å². The summed E-state index contributed by atoms with van der Waals surface area (Å²) in [5.41, 5.74) is -0.500. The molecule has 0 aliphatic carbocycles. The van der Waals surface area contributed by atoms with Gasteiger partial charge in [-0.2, -0.15) is 13.2 Å². The number of amides is 2. The van der Waals surface area contributed by atoms with E-state index in [2.05, 4.69) is 15.5 Å². The lowest BCUT2D eigenvalue weighted by Crippen LogP contribution is -2.44. The predicted octanol–water partition coefficient (Wildman–Crippen LogP) is 1.58. The predicted molar refractivity (Wildman–Crippen MR) is 83.9 cm³/mol. The number of carbonyl (C=O) groups excluding carboxylic acids is 2. The number of nitrogens with zero attached hydrogens (tertiary/aromatic N) is 3.